The molecular weight excluding hydrogens is 586 g/mol. The van der Waals surface area contributed by atoms with E-state index >= 15 is 4.39 Å². The number of nitrogens with zero attached hydrogens (tertiary/aromatic N) is 4. The number of phosphoric acid groups is 1. The lowest BCUT2D eigenvalue weighted by Crippen LogP contribution is -2.44. The number of hydrogen-bond donors (Lipinski definition) is 2. The molecule has 3 N–H and O–H groups in total. The Morgan fingerprint density at radius 1 is 1.34 bits per heavy atom. The van der Waals surface area contributed by atoms with Gasteiger partial charge in [0.15, 0.2) is 28.2 Å². The lowest BCUT2D eigenvalue weighted by Gasteiger charge is -2.33. The fourth-order valence-electron chi connectivity index (χ4n) is 4.25. The molecule has 0 bridgehead atoms. The van der Waals surface area contributed by atoms with Gasteiger partial charge in [0.25, 0.3) is 0 Å². The van der Waals surface area contributed by atoms with E-state index in [1.165, 1.54) is 17.8 Å². The average molecular weight is 621 g/mol. The number of rotatable bonds is 11. The predicted octanol–water partition coefficient (Wildman–Crippen LogP) is 3.00. The lowest BCUT2D eigenvalue weighted by atomic mass is 9.96. The summed E-state index contributed by atoms with van der Waals surface area (Å²) in [4.78, 5) is 36.6. The molecule has 2 fully saturated rings. The van der Waals surface area contributed by atoms with Gasteiger partial charge in [-0.1, -0.05) is 25.6 Å². The first kappa shape index (κ1) is 31.4. The fraction of sp³-hybridized carbons (Fsp3) is 0.696. The Kier molecular flexibility index (Phi) is 9.45. The number of carbonyl (C=O) groups excluding carboxylic acids is 2. The first-order valence-electron chi connectivity index (χ1n) is 12.9. The third-order valence-corrected chi connectivity index (χ3v) is 8.96. The van der Waals surface area contributed by atoms with Crippen LogP contribution in [0.4, 0.5) is 15.1 Å². The van der Waals surface area contributed by atoms with E-state index in [1.807, 2.05) is 0 Å². The minimum atomic E-state index is -4.18. The zero-order chi connectivity index (χ0) is 30.0. The van der Waals surface area contributed by atoms with Crippen LogP contribution in [0.3, 0.4) is 0 Å². The highest BCUT2D eigenvalue weighted by Crippen LogP contribution is 2.59. The van der Waals surface area contributed by atoms with Crippen molar-refractivity contribution >= 4 is 47.9 Å². The van der Waals surface area contributed by atoms with E-state index in [1.54, 1.807) is 27.7 Å². The summed E-state index contributed by atoms with van der Waals surface area (Å²) in [6.45, 7) is 8.19. The maximum atomic E-state index is 16.3. The van der Waals surface area contributed by atoms with Crippen molar-refractivity contribution in [3.63, 3.8) is 0 Å². The monoisotopic (exact) mass is 620 g/mol. The third kappa shape index (κ3) is 6.75. The van der Waals surface area contributed by atoms with E-state index in [0.717, 1.165) is 11.8 Å². The number of carbonyl (C=O) groups is 2. The Labute approximate surface area is 239 Å². The lowest BCUT2D eigenvalue weighted by molar-refractivity contribution is -0.117. The second-order valence-corrected chi connectivity index (χ2v) is 12.7. The summed E-state index contributed by atoms with van der Waals surface area (Å²) in [5.74, 6) is 0.173. The fourth-order valence-corrected chi connectivity index (χ4v) is 6.65. The molecule has 0 aliphatic carbocycles. The predicted molar refractivity (Wildman–Crippen MR) is 145 cm³/mol. The molecule has 0 aromatic carbocycles. The Morgan fingerprint density at radius 2 is 2.10 bits per heavy atom. The Morgan fingerprint density at radius 3 is 2.80 bits per heavy atom. The third-order valence-electron chi connectivity index (χ3n) is 6.33. The summed E-state index contributed by atoms with van der Waals surface area (Å²) in [6.07, 6.45) is -2.78. The van der Waals surface area contributed by atoms with E-state index in [-0.39, 0.29) is 60.2 Å². The molecule has 2 aliphatic rings. The van der Waals surface area contributed by atoms with Gasteiger partial charge >= 0.3 is 13.9 Å². The van der Waals surface area contributed by atoms with Gasteiger partial charge in [-0.25, -0.2) is 18.7 Å². The van der Waals surface area contributed by atoms with Gasteiger partial charge < -0.3 is 25.3 Å². The molecule has 0 unspecified atom stereocenters. The smallest absolute Gasteiger partial charge is 0.475 e. The van der Waals surface area contributed by atoms with E-state index < -0.39 is 43.4 Å². The number of nitrogen functional groups attached to an aromatic ring is 1. The molecule has 0 saturated carbocycles. The van der Waals surface area contributed by atoms with Crippen LogP contribution in [0, 0.1) is 5.41 Å². The van der Waals surface area contributed by atoms with Crippen LogP contribution in [0.5, 0.6) is 5.88 Å². The molecule has 4 heterocycles. The number of imidazole rings is 1. The molecule has 0 radical (unpaired) electrons. The Bertz CT molecular complexity index is 1330. The summed E-state index contributed by atoms with van der Waals surface area (Å²) >= 11 is 0.931. The number of nitrogens with one attached hydrogen (secondary N) is 1. The molecule has 2 aliphatic heterocycles. The van der Waals surface area contributed by atoms with Crippen LogP contribution in [0.1, 0.15) is 40.8 Å². The van der Waals surface area contributed by atoms with Gasteiger partial charge in [0.05, 0.1) is 38.2 Å². The molecule has 5 atom stereocenters. The molecule has 2 aromatic heterocycles. The number of aromatic nitrogens is 4. The van der Waals surface area contributed by atoms with Crippen LogP contribution in [0.2, 0.25) is 0 Å². The molecule has 1 amide bonds. The van der Waals surface area contributed by atoms with Crippen LogP contribution < -0.4 is 15.8 Å². The second kappa shape index (κ2) is 12.4. The number of thioether (sulfide) groups is 1. The molecule has 41 heavy (non-hydrogen) atoms. The van der Waals surface area contributed by atoms with Crippen molar-refractivity contribution in [1.29, 1.82) is 0 Å². The molecule has 2 aromatic rings. The Hall–Kier alpha value is -2.56. The van der Waals surface area contributed by atoms with Crippen molar-refractivity contribution in [2.24, 2.45) is 5.41 Å². The van der Waals surface area contributed by atoms with Gasteiger partial charge in [-0.05, 0) is 20.8 Å². The summed E-state index contributed by atoms with van der Waals surface area (Å²) in [6, 6.07) is 0. The quantitative estimate of drug-likeness (QED) is 0.275. The first-order chi connectivity index (χ1) is 19.3. The molecule has 15 nitrogen and oxygen atoms in total. The van der Waals surface area contributed by atoms with Gasteiger partial charge in [-0.3, -0.25) is 22.9 Å². The summed E-state index contributed by atoms with van der Waals surface area (Å²) in [5.41, 5.74) is 3.17. The van der Waals surface area contributed by atoms with Crippen molar-refractivity contribution in [1.82, 2.24) is 24.8 Å². The molecule has 18 heteroatoms. The van der Waals surface area contributed by atoms with E-state index in [4.69, 9.17) is 33.5 Å². The second-order valence-electron chi connectivity index (χ2n) is 10.0. The number of nitrogens with two attached hydrogens (primary N) is 1. The van der Waals surface area contributed by atoms with Crippen molar-refractivity contribution in [2.45, 2.75) is 58.7 Å². The molecule has 0 spiro atoms. The summed E-state index contributed by atoms with van der Waals surface area (Å²) < 4.78 is 63.2. The SMILES string of the molecule is CCOC(=O)NCC(C)(C)C(=O)SCCO[P@@]1(=O)OC[C@H]2O[C@@H](n3cnc4c(OCC)nc(N)nc43)[C@](C)(F)[C@@H]2O1. The van der Waals surface area contributed by atoms with Crippen LogP contribution in [0.25, 0.3) is 11.2 Å². The number of hydrogen-bond acceptors (Lipinski definition) is 14. The van der Waals surface area contributed by atoms with Gasteiger partial charge in [-0.15, -0.1) is 0 Å². The topological polar surface area (TPSA) is 188 Å². The maximum absolute atomic E-state index is 16.3. The van der Waals surface area contributed by atoms with Gasteiger partial charge in [0.1, 0.15) is 12.2 Å². The number of fused-ring (bicyclic) bond motifs is 2. The van der Waals surface area contributed by atoms with E-state index in [9.17, 15) is 14.2 Å². The van der Waals surface area contributed by atoms with E-state index in [2.05, 4.69) is 20.3 Å². The largest absolute Gasteiger partial charge is 0.476 e. The zero-order valence-corrected chi connectivity index (χ0v) is 25.0. The number of halogens is 1. The van der Waals surface area contributed by atoms with Gasteiger partial charge in [0.2, 0.25) is 11.8 Å². The molecule has 2 saturated heterocycles. The number of ether oxygens (including phenoxy) is 3. The molecular formula is C23H34FN6O9PS. The molecule has 228 valence electrons. The highest BCUT2D eigenvalue weighted by molar-refractivity contribution is 8.13. The highest BCUT2D eigenvalue weighted by atomic mass is 32.2. The zero-order valence-electron chi connectivity index (χ0n) is 23.3. The minimum absolute atomic E-state index is 0.0698. The minimum Gasteiger partial charge on any atom is -0.476 e. The van der Waals surface area contributed by atoms with Crippen molar-refractivity contribution in [3.8, 4) is 5.88 Å². The van der Waals surface area contributed by atoms with Gasteiger partial charge in [0, 0.05) is 12.3 Å². The average Bonchev–Trinajstić information content (AvgIpc) is 3.43. The normalized spacial score (nSPS) is 27.9. The summed E-state index contributed by atoms with van der Waals surface area (Å²) in [7, 11) is -4.18. The first-order valence-corrected chi connectivity index (χ1v) is 15.4. The van der Waals surface area contributed by atoms with Crippen LogP contribution in [0.15, 0.2) is 6.33 Å². The Balaban J connectivity index is 1.36. The number of amides is 1. The number of alkyl carbamates (subject to hydrolysis) is 1. The van der Waals surface area contributed by atoms with Crippen molar-refractivity contribution < 1.29 is 46.3 Å². The highest BCUT2D eigenvalue weighted by Gasteiger charge is 2.61. The number of phosphoric ester groups is 1. The van der Waals surface area contributed by atoms with Gasteiger partial charge in [-0.2, -0.15) is 9.97 Å². The van der Waals surface area contributed by atoms with E-state index in [0.29, 0.717) is 6.61 Å². The van der Waals surface area contributed by atoms with Crippen molar-refractivity contribution in [2.75, 3.05) is 44.5 Å². The van der Waals surface area contributed by atoms with Crippen LogP contribution >= 0.6 is 19.6 Å². The standard InChI is InChI=1S/C23H34FN6O9PS/c1-6-34-17-14-16(28-20(25)29-17)30(12-27-14)18-23(5,24)15-13(38-18)10-37-40(33,39-15)36-8-9-41-19(31)22(3,4)11-26-21(32)35-7-2/h12-13,15,18H,6-11H2,1-5H3,(H,26,32)(H2,25,28,29)/t13-,15-,18-,23-,40+/m1/s1. The van der Waals surface area contributed by atoms with Crippen molar-refractivity contribution in [3.05, 3.63) is 6.33 Å². The number of anilines is 1. The van der Waals surface area contributed by atoms with Crippen LogP contribution in [-0.4, -0.2) is 87.3 Å². The van der Waals surface area contributed by atoms with Crippen LogP contribution in [-0.2, 0) is 32.4 Å². The summed E-state index contributed by atoms with van der Waals surface area (Å²) in [5, 5.41) is 2.31. The maximum Gasteiger partial charge on any atom is 0.475 e. The molecule has 4 rings (SSSR count). The number of alkyl halides is 1.